The Labute approximate surface area is 133 Å². The highest BCUT2D eigenvalue weighted by atomic mass is 35.5. The zero-order valence-electron chi connectivity index (χ0n) is 11.6. The van der Waals surface area contributed by atoms with Crippen molar-refractivity contribution in [1.29, 1.82) is 0 Å². The normalized spacial score (nSPS) is 10.9. The molecule has 0 aliphatic heterocycles. The van der Waals surface area contributed by atoms with Gasteiger partial charge in [0.15, 0.2) is 4.34 Å². The van der Waals surface area contributed by atoms with Gasteiger partial charge in [-0.15, -0.1) is 0 Å². The van der Waals surface area contributed by atoms with Gasteiger partial charge in [-0.1, -0.05) is 49.3 Å². The number of aromatic nitrogens is 2. The second-order valence-corrected chi connectivity index (χ2v) is 6.75. The fourth-order valence-corrected chi connectivity index (χ4v) is 3.80. The van der Waals surface area contributed by atoms with Crippen LogP contribution in [0.4, 0.5) is 0 Å². The average molecular weight is 328 g/mol. The molecule has 20 heavy (non-hydrogen) atoms. The molecule has 0 aliphatic rings. The van der Waals surface area contributed by atoms with E-state index in [1.807, 2.05) is 12.1 Å². The summed E-state index contributed by atoms with van der Waals surface area (Å²) in [6.07, 6.45) is 1.99. The van der Waals surface area contributed by atoms with Gasteiger partial charge in [0.05, 0.1) is 5.02 Å². The molecule has 0 saturated carbocycles. The first-order chi connectivity index (χ1) is 9.74. The molecule has 2 rings (SSSR count). The Morgan fingerprint density at radius 3 is 2.90 bits per heavy atom. The standard InChI is InChI=1S/C14H18ClN3S2/c1-3-8-16-9-10-6-5-7-11(15)13(10)19-14-17-12(4-2)18-20-14/h5-7,16H,3-4,8-9H2,1-2H3. The molecule has 0 radical (unpaired) electrons. The minimum absolute atomic E-state index is 0.777. The third-order valence-corrected chi connectivity index (χ3v) is 5.15. The first-order valence-electron chi connectivity index (χ1n) is 6.73. The van der Waals surface area contributed by atoms with E-state index in [4.69, 9.17) is 11.6 Å². The molecule has 1 heterocycles. The summed E-state index contributed by atoms with van der Waals surface area (Å²) in [5.74, 6) is 0.898. The molecule has 0 saturated heterocycles. The van der Waals surface area contributed by atoms with Crippen LogP contribution in [0.2, 0.25) is 5.02 Å². The van der Waals surface area contributed by atoms with Crippen molar-refractivity contribution in [3.63, 3.8) is 0 Å². The molecule has 0 aliphatic carbocycles. The van der Waals surface area contributed by atoms with Crippen molar-refractivity contribution in [2.75, 3.05) is 6.54 Å². The van der Waals surface area contributed by atoms with E-state index in [1.165, 1.54) is 17.1 Å². The van der Waals surface area contributed by atoms with Crippen LogP contribution in [-0.2, 0) is 13.0 Å². The number of hydrogen-bond acceptors (Lipinski definition) is 5. The van der Waals surface area contributed by atoms with Crippen LogP contribution in [0.5, 0.6) is 0 Å². The minimum atomic E-state index is 0.777. The SMILES string of the molecule is CCCNCc1cccc(Cl)c1Sc1nc(CC)ns1. The summed E-state index contributed by atoms with van der Waals surface area (Å²) in [5.41, 5.74) is 1.21. The fraction of sp³-hybridized carbons (Fsp3) is 0.429. The average Bonchev–Trinajstić information content (AvgIpc) is 2.90. The van der Waals surface area contributed by atoms with Gasteiger partial charge in [0, 0.05) is 17.9 Å². The Bertz CT molecular complexity index is 557. The van der Waals surface area contributed by atoms with Crippen LogP contribution >= 0.6 is 34.9 Å². The Balaban J connectivity index is 2.16. The zero-order valence-corrected chi connectivity index (χ0v) is 14.0. The van der Waals surface area contributed by atoms with Crippen LogP contribution in [0.1, 0.15) is 31.7 Å². The molecule has 108 valence electrons. The second kappa shape index (κ2) is 7.98. The third kappa shape index (κ3) is 4.19. The molecule has 0 atom stereocenters. The Morgan fingerprint density at radius 2 is 2.20 bits per heavy atom. The summed E-state index contributed by atoms with van der Waals surface area (Å²) >= 11 is 9.39. The molecule has 3 nitrogen and oxygen atoms in total. The van der Waals surface area contributed by atoms with Crippen molar-refractivity contribution in [2.45, 2.75) is 42.5 Å². The molecule has 0 spiro atoms. The summed E-state index contributed by atoms with van der Waals surface area (Å²) in [6.45, 7) is 6.06. The summed E-state index contributed by atoms with van der Waals surface area (Å²) in [6, 6.07) is 6.03. The lowest BCUT2D eigenvalue weighted by Crippen LogP contribution is -2.14. The number of aryl methyl sites for hydroxylation is 1. The molecular weight excluding hydrogens is 310 g/mol. The quantitative estimate of drug-likeness (QED) is 0.765. The molecule has 1 N–H and O–H groups in total. The smallest absolute Gasteiger partial charge is 0.174 e. The lowest BCUT2D eigenvalue weighted by Gasteiger charge is -2.10. The van der Waals surface area contributed by atoms with E-state index in [2.05, 4.69) is 34.6 Å². The molecule has 6 heteroatoms. The summed E-state index contributed by atoms with van der Waals surface area (Å²) in [5, 5.41) is 4.19. The number of rotatable bonds is 7. The maximum absolute atomic E-state index is 6.34. The molecule has 1 aromatic heterocycles. The highest BCUT2D eigenvalue weighted by molar-refractivity contribution is 8.01. The third-order valence-electron chi connectivity index (χ3n) is 2.75. The van der Waals surface area contributed by atoms with E-state index >= 15 is 0 Å². The number of hydrogen-bond donors (Lipinski definition) is 1. The van der Waals surface area contributed by atoms with Crippen LogP contribution in [0.15, 0.2) is 27.4 Å². The molecule has 0 unspecified atom stereocenters. The van der Waals surface area contributed by atoms with E-state index in [0.717, 1.165) is 46.0 Å². The van der Waals surface area contributed by atoms with Crippen LogP contribution in [0.25, 0.3) is 0 Å². The zero-order chi connectivity index (χ0) is 14.4. The van der Waals surface area contributed by atoms with Gasteiger partial charge in [-0.05, 0) is 36.1 Å². The fourth-order valence-electron chi connectivity index (χ4n) is 1.72. The first kappa shape index (κ1) is 15.8. The summed E-state index contributed by atoms with van der Waals surface area (Å²) in [4.78, 5) is 5.57. The monoisotopic (exact) mass is 327 g/mol. The van der Waals surface area contributed by atoms with Gasteiger partial charge in [0.1, 0.15) is 5.82 Å². The second-order valence-electron chi connectivity index (χ2n) is 4.34. The topological polar surface area (TPSA) is 37.8 Å². The van der Waals surface area contributed by atoms with Crippen molar-refractivity contribution in [2.24, 2.45) is 0 Å². The van der Waals surface area contributed by atoms with Gasteiger partial charge in [0.25, 0.3) is 0 Å². The van der Waals surface area contributed by atoms with Crippen LogP contribution in [0.3, 0.4) is 0 Å². The molecular formula is C14H18ClN3S2. The highest BCUT2D eigenvalue weighted by Crippen LogP contribution is 2.36. The van der Waals surface area contributed by atoms with Gasteiger partial charge in [-0.25, -0.2) is 4.98 Å². The largest absolute Gasteiger partial charge is 0.313 e. The van der Waals surface area contributed by atoms with Crippen LogP contribution in [0, 0.1) is 0 Å². The van der Waals surface area contributed by atoms with Crippen LogP contribution in [-0.4, -0.2) is 15.9 Å². The summed E-state index contributed by atoms with van der Waals surface area (Å²) < 4.78 is 5.27. The molecule has 0 bridgehead atoms. The van der Waals surface area contributed by atoms with Gasteiger partial charge in [0.2, 0.25) is 0 Å². The van der Waals surface area contributed by atoms with Crippen molar-refractivity contribution < 1.29 is 0 Å². The Kier molecular flexibility index (Phi) is 6.29. The molecule has 2 aromatic rings. The number of nitrogens with zero attached hydrogens (tertiary/aromatic N) is 2. The molecule has 0 amide bonds. The number of halogens is 1. The Morgan fingerprint density at radius 1 is 1.35 bits per heavy atom. The van der Waals surface area contributed by atoms with Gasteiger partial charge < -0.3 is 5.32 Å². The van der Waals surface area contributed by atoms with E-state index < -0.39 is 0 Å². The van der Waals surface area contributed by atoms with Crippen LogP contribution < -0.4 is 5.32 Å². The van der Waals surface area contributed by atoms with E-state index in [9.17, 15) is 0 Å². The van der Waals surface area contributed by atoms with Crippen molar-refractivity contribution in [3.8, 4) is 0 Å². The van der Waals surface area contributed by atoms with E-state index in [1.54, 1.807) is 11.8 Å². The lowest BCUT2D eigenvalue weighted by molar-refractivity contribution is 0.669. The van der Waals surface area contributed by atoms with Gasteiger partial charge in [-0.2, -0.15) is 4.37 Å². The summed E-state index contributed by atoms with van der Waals surface area (Å²) in [7, 11) is 0. The highest BCUT2D eigenvalue weighted by Gasteiger charge is 2.12. The number of nitrogens with one attached hydrogen (secondary N) is 1. The van der Waals surface area contributed by atoms with E-state index in [0.29, 0.717) is 0 Å². The number of benzene rings is 1. The maximum Gasteiger partial charge on any atom is 0.174 e. The molecule has 1 aromatic carbocycles. The molecule has 0 fully saturated rings. The predicted molar refractivity (Wildman–Crippen MR) is 86.9 cm³/mol. The van der Waals surface area contributed by atoms with Gasteiger partial charge in [-0.3, -0.25) is 0 Å². The lowest BCUT2D eigenvalue weighted by atomic mass is 10.2. The van der Waals surface area contributed by atoms with Crippen molar-refractivity contribution in [3.05, 3.63) is 34.6 Å². The predicted octanol–water partition coefficient (Wildman–Crippen LogP) is 4.40. The Hall–Kier alpha value is -0.620. The van der Waals surface area contributed by atoms with Gasteiger partial charge >= 0.3 is 0 Å². The first-order valence-corrected chi connectivity index (χ1v) is 8.70. The maximum atomic E-state index is 6.34. The van der Waals surface area contributed by atoms with Crippen molar-refractivity contribution >= 4 is 34.9 Å². The minimum Gasteiger partial charge on any atom is -0.313 e. The van der Waals surface area contributed by atoms with Crippen molar-refractivity contribution in [1.82, 2.24) is 14.7 Å². The van der Waals surface area contributed by atoms with E-state index in [-0.39, 0.29) is 0 Å².